The lowest BCUT2D eigenvalue weighted by atomic mass is 10.1. The Bertz CT molecular complexity index is 485. The van der Waals surface area contributed by atoms with Gasteiger partial charge in [-0.1, -0.05) is 15.9 Å². The van der Waals surface area contributed by atoms with Gasteiger partial charge in [0.2, 0.25) is 0 Å². The number of rotatable bonds is 4. The number of hydrogen-bond acceptors (Lipinski definition) is 3. The predicted molar refractivity (Wildman–Crippen MR) is 67.9 cm³/mol. The average molecular weight is 297 g/mol. The van der Waals surface area contributed by atoms with Gasteiger partial charge in [-0.3, -0.25) is 0 Å². The van der Waals surface area contributed by atoms with E-state index in [4.69, 9.17) is 4.74 Å². The van der Waals surface area contributed by atoms with Gasteiger partial charge in [0.15, 0.2) is 0 Å². The Morgan fingerprint density at radius 1 is 1.53 bits per heavy atom. The molecule has 17 heavy (non-hydrogen) atoms. The van der Waals surface area contributed by atoms with E-state index in [2.05, 4.69) is 20.9 Å². The van der Waals surface area contributed by atoms with E-state index >= 15 is 0 Å². The molecule has 0 fully saturated rings. The van der Waals surface area contributed by atoms with E-state index in [-0.39, 0.29) is 0 Å². The highest BCUT2D eigenvalue weighted by molar-refractivity contribution is 9.10. The molecule has 1 aromatic heterocycles. The van der Waals surface area contributed by atoms with Crippen LogP contribution in [0.4, 0.5) is 0 Å². The van der Waals surface area contributed by atoms with Crippen LogP contribution in [0.2, 0.25) is 0 Å². The number of aromatic nitrogens is 2. The summed E-state index contributed by atoms with van der Waals surface area (Å²) in [5, 5.41) is 10.2. The number of aliphatic hydroxyl groups excluding tert-OH is 1. The van der Waals surface area contributed by atoms with E-state index in [1.165, 1.54) is 0 Å². The minimum absolute atomic E-state index is 0.451. The number of imidazole rings is 1. The smallest absolute Gasteiger partial charge is 0.124 e. The fourth-order valence-electron chi connectivity index (χ4n) is 1.66. The molecular weight excluding hydrogens is 284 g/mol. The second-order valence-electron chi connectivity index (χ2n) is 3.66. The molecule has 90 valence electrons. The summed E-state index contributed by atoms with van der Waals surface area (Å²) >= 11 is 3.39. The van der Waals surface area contributed by atoms with Crippen molar-refractivity contribution in [1.29, 1.82) is 0 Å². The third-order valence-corrected chi connectivity index (χ3v) is 2.99. The summed E-state index contributed by atoms with van der Waals surface area (Å²) in [6.45, 7) is 0.451. The normalized spacial score (nSPS) is 12.4. The summed E-state index contributed by atoms with van der Waals surface area (Å²) in [4.78, 5) is 3.94. The first-order valence-corrected chi connectivity index (χ1v) is 5.97. The van der Waals surface area contributed by atoms with Crippen LogP contribution >= 0.6 is 15.9 Å². The average Bonchev–Trinajstić information content (AvgIpc) is 2.81. The predicted octanol–water partition coefficient (Wildman–Crippen LogP) is 2.39. The second kappa shape index (κ2) is 5.33. The van der Waals surface area contributed by atoms with Crippen LogP contribution in [0, 0.1) is 0 Å². The van der Waals surface area contributed by atoms with Crippen molar-refractivity contribution < 1.29 is 9.84 Å². The summed E-state index contributed by atoms with van der Waals surface area (Å²) in [6.07, 6.45) is 4.54. The highest BCUT2D eigenvalue weighted by Crippen LogP contribution is 2.29. The quantitative estimate of drug-likeness (QED) is 0.942. The van der Waals surface area contributed by atoms with Crippen molar-refractivity contribution in [2.45, 2.75) is 12.6 Å². The molecule has 4 nitrogen and oxygen atoms in total. The lowest BCUT2D eigenvalue weighted by Gasteiger charge is -2.15. The number of halogens is 1. The number of benzene rings is 1. The molecule has 0 aliphatic heterocycles. The van der Waals surface area contributed by atoms with Crippen LogP contribution < -0.4 is 4.74 Å². The van der Waals surface area contributed by atoms with Crippen LogP contribution in [-0.4, -0.2) is 21.8 Å². The number of methoxy groups -OCH3 is 1. The Balaban J connectivity index is 2.23. The van der Waals surface area contributed by atoms with Gasteiger partial charge < -0.3 is 14.4 Å². The highest BCUT2D eigenvalue weighted by atomic mass is 79.9. The van der Waals surface area contributed by atoms with Gasteiger partial charge in [0.05, 0.1) is 20.0 Å². The van der Waals surface area contributed by atoms with Crippen molar-refractivity contribution in [1.82, 2.24) is 9.55 Å². The molecule has 2 rings (SSSR count). The van der Waals surface area contributed by atoms with Crippen LogP contribution in [0.15, 0.2) is 41.4 Å². The molecule has 1 atom stereocenters. The maximum absolute atomic E-state index is 10.2. The molecule has 0 saturated carbocycles. The highest BCUT2D eigenvalue weighted by Gasteiger charge is 2.14. The molecule has 1 N–H and O–H groups in total. The van der Waals surface area contributed by atoms with Gasteiger partial charge in [0.1, 0.15) is 11.9 Å². The maximum atomic E-state index is 10.2. The Morgan fingerprint density at radius 3 is 3.00 bits per heavy atom. The van der Waals surface area contributed by atoms with Gasteiger partial charge in [-0.25, -0.2) is 4.98 Å². The Hall–Kier alpha value is -1.33. The third-order valence-electron chi connectivity index (χ3n) is 2.49. The molecular formula is C12H13BrN2O2. The molecule has 0 bridgehead atoms. The van der Waals surface area contributed by atoms with Crippen LogP contribution in [0.3, 0.4) is 0 Å². The number of ether oxygens (including phenoxy) is 1. The van der Waals surface area contributed by atoms with Gasteiger partial charge in [0.25, 0.3) is 0 Å². The van der Waals surface area contributed by atoms with Crippen molar-refractivity contribution in [3.8, 4) is 5.75 Å². The summed E-state index contributed by atoms with van der Waals surface area (Å²) in [5.41, 5.74) is 0.760. The third kappa shape index (κ3) is 2.87. The SMILES string of the molecule is COc1ccc(Br)cc1C(O)Cn1ccnc1. The number of aliphatic hydroxyl groups is 1. The van der Waals surface area contributed by atoms with Crippen molar-refractivity contribution in [3.05, 3.63) is 47.0 Å². The summed E-state index contributed by atoms with van der Waals surface area (Å²) in [5.74, 6) is 0.681. The van der Waals surface area contributed by atoms with E-state index in [0.29, 0.717) is 12.3 Å². The number of nitrogens with zero attached hydrogens (tertiary/aromatic N) is 2. The molecule has 2 aromatic rings. The van der Waals surface area contributed by atoms with Crippen molar-refractivity contribution in [2.75, 3.05) is 7.11 Å². The van der Waals surface area contributed by atoms with Gasteiger partial charge in [-0.05, 0) is 18.2 Å². The fourth-order valence-corrected chi connectivity index (χ4v) is 2.04. The second-order valence-corrected chi connectivity index (χ2v) is 4.58. The van der Waals surface area contributed by atoms with Crippen molar-refractivity contribution in [3.63, 3.8) is 0 Å². The van der Waals surface area contributed by atoms with Gasteiger partial charge in [0, 0.05) is 22.4 Å². The van der Waals surface area contributed by atoms with Gasteiger partial charge >= 0.3 is 0 Å². The Kier molecular flexibility index (Phi) is 3.81. The first-order valence-electron chi connectivity index (χ1n) is 5.18. The Morgan fingerprint density at radius 2 is 2.35 bits per heavy atom. The molecule has 0 aliphatic carbocycles. The standard InChI is InChI=1S/C12H13BrN2O2/c1-17-12-3-2-9(13)6-10(12)11(16)7-15-5-4-14-8-15/h2-6,8,11,16H,7H2,1H3. The van der Waals surface area contributed by atoms with E-state index in [9.17, 15) is 5.11 Å². The zero-order valence-corrected chi connectivity index (χ0v) is 11.0. The summed E-state index contributed by atoms with van der Waals surface area (Å²) < 4.78 is 7.97. The first-order chi connectivity index (χ1) is 8.20. The van der Waals surface area contributed by atoms with Gasteiger partial charge in [-0.2, -0.15) is 0 Å². The van der Waals surface area contributed by atoms with Crippen molar-refractivity contribution in [2.24, 2.45) is 0 Å². The molecule has 5 heteroatoms. The molecule has 1 aromatic carbocycles. The fraction of sp³-hybridized carbons (Fsp3) is 0.250. The van der Waals surface area contributed by atoms with E-state index < -0.39 is 6.10 Å². The molecule has 0 aliphatic rings. The maximum Gasteiger partial charge on any atom is 0.124 e. The van der Waals surface area contributed by atoms with Crippen LogP contribution in [-0.2, 0) is 6.54 Å². The van der Waals surface area contributed by atoms with Crippen LogP contribution in [0.1, 0.15) is 11.7 Å². The zero-order valence-electron chi connectivity index (χ0n) is 9.38. The van der Waals surface area contributed by atoms with E-state index in [1.807, 2.05) is 29.0 Å². The minimum atomic E-state index is -0.628. The van der Waals surface area contributed by atoms with Crippen LogP contribution in [0.5, 0.6) is 5.75 Å². The van der Waals surface area contributed by atoms with Crippen molar-refractivity contribution >= 4 is 15.9 Å². The first kappa shape index (κ1) is 12.1. The van der Waals surface area contributed by atoms with Gasteiger partial charge in [-0.15, -0.1) is 0 Å². The lowest BCUT2D eigenvalue weighted by molar-refractivity contribution is 0.152. The molecule has 1 heterocycles. The minimum Gasteiger partial charge on any atom is -0.496 e. The largest absolute Gasteiger partial charge is 0.496 e. The lowest BCUT2D eigenvalue weighted by Crippen LogP contribution is -2.08. The van der Waals surface area contributed by atoms with E-state index in [0.717, 1.165) is 10.0 Å². The topological polar surface area (TPSA) is 47.3 Å². The zero-order chi connectivity index (χ0) is 12.3. The Labute approximate surface area is 108 Å². The molecule has 0 spiro atoms. The molecule has 1 unspecified atom stereocenters. The van der Waals surface area contributed by atoms with E-state index in [1.54, 1.807) is 19.6 Å². The summed E-state index contributed by atoms with van der Waals surface area (Å²) in [6, 6.07) is 5.57. The van der Waals surface area contributed by atoms with Crippen LogP contribution in [0.25, 0.3) is 0 Å². The number of hydrogen-bond donors (Lipinski definition) is 1. The molecule has 0 radical (unpaired) electrons. The monoisotopic (exact) mass is 296 g/mol. The molecule has 0 saturated heterocycles. The molecule has 0 amide bonds. The summed E-state index contributed by atoms with van der Waals surface area (Å²) in [7, 11) is 1.59.